The third-order valence-corrected chi connectivity index (χ3v) is 5.08. The molecule has 22 heavy (non-hydrogen) atoms. The van der Waals surface area contributed by atoms with Gasteiger partial charge in [0.2, 0.25) is 0 Å². The molecule has 0 radical (unpaired) electrons. The predicted molar refractivity (Wildman–Crippen MR) is 86.8 cm³/mol. The summed E-state index contributed by atoms with van der Waals surface area (Å²) in [5.41, 5.74) is 0.895. The van der Waals surface area contributed by atoms with E-state index in [0.717, 1.165) is 11.3 Å². The zero-order valence-corrected chi connectivity index (χ0v) is 13.2. The van der Waals surface area contributed by atoms with Gasteiger partial charge in [0.25, 0.3) is 5.91 Å². The molecule has 0 aliphatic carbocycles. The second kappa shape index (κ2) is 6.03. The lowest BCUT2D eigenvalue weighted by Crippen LogP contribution is -2.47. The standard InChI is InChI=1S/C15H13ClN4OS/c16-11-4-2-1-3-10(11)12-7-13(20-19-12)14(21)18-15(8-17)5-6-22-9-15/h1-4,7H,5-6,9H2,(H,18,21)(H,19,20). The second-order valence-corrected chi connectivity index (χ2v) is 6.61. The minimum Gasteiger partial charge on any atom is -0.332 e. The molecule has 2 N–H and O–H groups in total. The number of carbonyl (C=O) groups excluding carboxylic acids is 1. The van der Waals surface area contributed by atoms with Crippen molar-refractivity contribution >= 4 is 29.3 Å². The van der Waals surface area contributed by atoms with Crippen LogP contribution in [0.5, 0.6) is 0 Å². The average molecular weight is 333 g/mol. The van der Waals surface area contributed by atoms with Crippen LogP contribution in [0.3, 0.4) is 0 Å². The topological polar surface area (TPSA) is 81.6 Å². The summed E-state index contributed by atoms with van der Waals surface area (Å²) >= 11 is 7.80. The van der Waals surface area contributed by atoms with Gasteiger partial charge in [0, 0.05) is 11.3 Å². The molecule has 112 valence electrons. The van der Waals surface area contributed by atoms with E-state index in [4.69, 9.17) is 11.6 Å². The van der Waals surface area contributed by atoms with E-state index in [0.29, 0.717) is 28.6 Å². The molecule has 1 aliphatic rings. The van der Waals surface area contributed by atoms with Crippen LogP contribution in [-0.4, -0.2) is 33.1 Å². The van der Waals surface area contributed by atoms with Crippen LogP contribution in [0.4, 0.5) is 0 Å². The number of thioether (sulfide) groups is 1. The molecule has 7 heteroatoms. The number of rotatable bonds is 3. The van der Waals surface area contributed by atoms with E-state index in [1.807, 2.05) is 18.2 Å². The van der Waals surface area contributed by atoms with Gasteiger partial charge in [-0.1, -0.05) is 29.8 Å². The van der Waals surface area contributed by atoms with Crippen molar-refractivity contribution in [1.82, 2.24) is 15.5 Å². The normalized spacial score (nSPS) is 20.5. The van der Waals surface area contributed by atoms with E-state index in [-0.39, 0.29) is 5.91 Å². The smallest absolute Gasteiger partial charge is 0.270 e. The molecule has 1 amide bonds. The largest absolute Gasteiger partial charge is 0.332 e. The Labute approximate surface area is 137 Å². The SMILES string of the molecule is N#CC1(NC(=O)c2cc(-c3ccccc3Cl)n[nH]2)CCSC1. The highest BCUT2D eigenvalue weighted by Gasteiger charge is 2.36. The summed E-state index contributed by atoms with van der Waals surface area (Å²) in [7, 11) is 0. The fraction of sp³-hybridized carbons (Fsp3) is 0.267. The number of nitriles is 1. The molecule has 0 bridgehead atoms. The monoisotopic (exact) mass is 332 g/mol. The number of nitrogens with one attached hydrogen (secondary N) is 2. The molecule has 1 aliphatic heterocycles. The van der Waals surface area contributed by atoms with Crippen molar-refractivity contribution in [1.29, 1.82) is 5.26 Å². The van der Waals surface area contributed by atoms with Crippen molar-refractivity contribution in [2.24, 2.45) is 0 Å². The summed E-state index contributed by atoms with van der Waals surface area (Å²) < 4.78 is 0. The Bertz CT molecular complexity index is 746. The maximum atomic E-state index is 12.3. The second-order valence-electron chi connectivity index (χ2n) is 5.10. The Morgan fingerprint density at radius 1 is 1.50 bits per heavy atom. The van der Waals surface area contributed by atoms with Gasteiger partial charge < -0.3 is 5.32 Å². The van der Waals surface area contributed by atoms with Gasteiger partial charge in [-0.15, -0.1) is 0 Å². The number of nitrogens with zero attached hydrogens (tertiary/aromatic N) is 2. The van der Waals surface area contributed by atoms with E-state index in [9.17, 15) is 10.1 Å². The molecule has 1 fully saturated rings. The van der Waals surface area contributed by atoms with E-state index in [1.165, 1.54) is 0 Å². The third kappa shape index (κ3) is 2.82. The number of amides is 1. The highest BCUT2D eigenvalue weighted by Crippen LogP contribution is 2.28. The maximum Gasteiger partial charge on any atom is 0.270 e. The van der Waals surface area contributed by atoms with Crippen LogP contribution < -0.4 is 5.32 Å². The summed E-state index contributed by atoms with van der Waals surface area (Å²) in [6, 6.07) is 11.2. The molecule has 3 rings (SSSR count). The zero-order valence-electron chi connectivity index (χ0n) is 11.6. The summed E-state index contributed by atoms with van der Waals surface area (Å²) in [6.45, 7) is 0. The first-order valence-corrected chi connectivity index (χ1v) is 8.29. The highest BCUT2D eigenvalue weighted by molar-refractivity contribution is 7.99. The van der Waals surface area contributed by atoms with Crippen molar-refractivity contribution in [2.45, 2.75) is 12.0 Å². The summed E-state index contributed by atoms with van der Waals surface area (Å²) in [5.74, 6) is 1.16. The Hall–Kier alpha value is -1.97. The lowest BCUT2D eigenvalue weighted by molar-refractivity contribution is 0.0921. The molecule has 0 spiro atoms. The number of benzene rings is 1. The Morgan fingerprint density at radius 3 is 3.00 bits per heavy atom. The number of aromatic nitrogens is 2. The number of halogens is 1. The van der Waals surface area contributed by atoms with Crippen LogP contribution in [0.2, 0.25) is 5.02 Å². The predicted octanol–water partition coefficient (Wildman–Crippen LogP) is 2.86. The van der Waals surface area contributed by atoms with Crippen LogP contribution in [0.1, 0.15) is 16.9 Å². The minimum absolute atomic E-state index is 0.321. The van der Waals surface area contributed by atoms with Gasteiger partial charge >= 0.3 is 0 Å². The molecule has 1 aromatic carbocycles. The van der Waals surface area contributed by atoms with Crippen LogP contribution >= 0.6 is 23.4 Å². The van der Waals surface area contributed by atoms with Crippen molar-refractivity contribution in [2.75, 3.05) is 11.5 Å². The van der Waals surface area contributed by atoms with Gasteiger partial charge in [-0.05, 0) is 24.3 Å². The van der Waals surface area contributed by atoms with E-state index in [2.05, 4.69) is 21.6 Å². The average Bonchev–Trinajstić information content (AvgIpc) is 3.17. The molecule has 1 saturated heterocycles. The molecule has 1 atom stereocenters. The molecular weight excluding hydrogens is 320 g/mol. The van der Waals surface area contributed by atoms with E-state index in [1.54, 1.807) is 23.9 Å². The molecule has 2 heterocycles. The number of aromatic amines is 1. The van der Waals surface area contributed by atoms with Crippen LogP contribution in [0.25, 0.3) is 11.3 Å². The number of carbonyl (C=O) groups is 1. The number of H-pyrrole nitrogens is 1. The van der Waals surface area contributed by atoms with Gasteiger partial charge in [-0.2, -0.15) is 22.1 Å². The van der Waals surface area contributed by atoms with E-state index < -0.39 is 5.54 Å². The van der Waals surface area contributed by atoms with Crippen LogP contribution in [-0.2, 0) is 0 Å². The van der Waals surface area contributed by atoms with Crippen molar-refractivity contribution in [3.8, 4) is 17.3 Å². The molecular formula is C15H13ClN4OS. The minimum atomic E-state index is -0.780. The van der Waals surface area contributed by atoms with Gasteiger partial charge in [-0.3, -0.25) is 9.89 Å². The molecule has 0 saturated carbocycles. The lowest BCUT2D eigenvalue weighted by Gasteiger charge is -2.20. The number of hydrogen-bond donors (Lipinski definition) is 2. The van der Waals surface area contributed by atoms with Gasteiger partial charge in [-0.25, -0.2) is 0 Å². The summed E-state index contributed by atoms with van der Waals surface area (Å²) in [5, 5.41) is 19.5. The van der Waals surface area contributed by atoms with Crippen molar-refractivity contribution < 1.29 is 4.79 Å². The van der Waals surface area contributed by atoms with Crippen molar-refractivity contribution in [3.63, 3.8) is 0 Å². The third-order valence-electron chi connectivity index (χ3n) is 3.56. The van der Waals surface area contributed by atoms with Crippen LogP contribution in [0, 0.1) is 11.3 Å². The quantitative estimate of drug-likeness (QED) is 0.905. The number of hydrogen-bond acceptors (Lipinski definition) is 4. The van der Waals surface area contributed by atoms with Crippen molar-refractivity contribution in [3.05, 3.63) is 41.0 Å². The van der Waals surface area contributed by atoms with Crippen LogP contribution in [0.15, 0.2) is 30.3 Å². The Balaban J connectivity index is 1.81. The summed E-state index contributed by atoms with van der Waals surface area (Å²) in [6.07, 6.45) is 0.658. The Kier molecular flexibility index (Phi) is 4.10. The first-order chi connectivity index (χ1) is 10.6. The summed E-state index contributed by atoms with van der Waals surface area (Å²) in [4.78, 5) is 12.3. The fourth-order valence-electron chi connectivity index (χ4n) is 2.31. The molecule has 1 unspecified atom stereocenters. The Morgan fingerprint density at radius 2 is 2.32 bits per heavy atom. The molecule has 5 nitrogen and oxygen atoms in total. The van der Waals surface area contributed by atoms with E-state index >= 15 is 0 Å². The molecule has 1 aromatic heterocycles. The molecule has 2 aromatic rings. The van der Waals surface area contributed by atoms with Gasteiger partial charge in [0.1, 0.15) is 11.2 Å². The lowest BCUT2D eigenvalue weighted by atomic mass is 10.0. The first kappa shape index (κ1) is 14.9. The van der Waals surface area contributed by atoms with Gasteiger partial charge in [0.05, 0.1) is 16.8 Å². The fourth-order valence-corrected chi connectivity index (χ4v) is 3.81. The maximum absolute atomic E-state index is 12.3. The zero-order chi connectivity index (χ0) is 15.6. The van der Waals surface area contributed by atoms with Gasteiger partial charge in [0.15, 0.2) is 0 Å². The first-order valence-electron chi connectivity index (χ1n) is 6.75. The highest BCUT2D eigenvalue weighted by atomic mass is 35.5.